The molecule has 0 saturated heterocycles. The summed E-state index contributed by atoms with van der Waals surface area (Å²) in [6.07, 6.45) is 0.872. The SMILES string of the molecule is COc1ccccc1N=Nc1c(S(=O)(=O)O)cc2cc(NC(=O)Nc3ccc4c(c3)C=C(S(=O)(=O)O)C(=NNc3cc(S(=O)(=O)O)ccc3O)C4=O)ccc2c1O. The zero-order valence-corrected chi connectivity index (χ0v) is 31.1. The molecule has 0 atom stereocenters. The van der Waals surface area contributed by atoms with Crippen LogP contribution in [0.3, 0.4) is 0 Å². The van der Waals surface area contributed by atoms with Crippen molar-refractivity contribution in [2.45, 2.75) is 9.79 Å². The Morgan fingerprint density at radius 2 is 1.44 bits per heavy atom. The number of phenolic OH excluding ortho intramolecular Hbond substituents is 2. The quantitative estimate of drug-likeness (QED) is 0.0362. The van der Waals surface area contributed by atoms with Crippen LogP contribution >= 0.6 is 0 Å². The number of ketones is 1. The lowest BCUT2D eigenvalue weighted by atomic mass is 9.94. The molecule has 294 valence electrons. The molecule has 0 bridgehead atoms. The molecule has 5 aromatic rings. The number of para-hydroxylation sites is 1. The smallest absolute Gasteiger partial charge is 0.323 e. The van der Waals surface area contributed by atoms with Crippen LogP contribution in [0.1, 0.15) is 15.9 Å². The van der Waals surface area contributed by atoms with E-state index in [1.54, 1.807) is 18.2 Å². The number of allylic oxidation sites excluding steroid dienone is 1. The number of ether oxygens (including phenoxy) is 1. The lowest BCUT2D eigenvalue weighted by molar-refractivity contribution is 0.106. The number of hydrogen-bond donors (Lipinski definition) is 8. The third-order valence-corrected chi connectivity index (χ3v) is 10.6. The van der Waals surface area contributed by atoms with Gasteiger partial charge in [0.05, 0.1) is 17.7 Å². The second kappa shape index (κ2) is 15.1. The molecule has 0 radical (unpaired) electrons. The molecule has 0 aromatic heterocycles. The van der Waals surface area contributed by atoms with Gasteiger partial charge in [0.2, 0.25) is 5.78 Å². The van der Waals surface area contributed by atoms with E-state index >= 15 is 0 Å². The molecule has 0 saturated carbocycles. The summed E-state index contributed by atoms with van der Waals surface area (Å²) >= 11 is 0. The van der Waals surface area contributed by atoms with Gasteiger partial charge in [0.25, 0.3) is 30.4 Å². The minimum atomic E-state index is -5.14. The highest BCUT2D eigenvalue weighted by Gasteiger charge is 2.33. The Morgan fingerprint density at radius 3 is 2.11 bits per heavy atom. The highest BCUT2D eigenvalue weighted by Crippen LogP contribution is 2.43. The molecule has 5 aromatic carbocycles. The van der Waals surface area contributed by atoms with Crippen LogP contribution in [-0.4, -0.2) is 73.8 Å². The Balaban J connectivity index is 1.25. The Morgan fingerprint density at radius 1 is 0.754 bits per heavy atom. The molecule has 23 heteroatoms. The molecule has 0 spiro atoms. The number of Topliss-reactive ketones (excluding diaryl/α,β-unsaturated/α-hetero) is 1. The van der Waals surface area contributed by atoms with Crippen molar-refractivity contribution in [3.05, 3.63) is 101 Å². The van der Waals surface area contributed by atoms with Crippen LogP contribution < -0.4 is 20.8 Å². The molecule has 6 rings (SSSR count). The predicted octanol–water partition coefficient (Wildman–Crippen LogP) is 5.71. The van der Waals surface area contributed by atoms with Crippen LogP contribution in [0.15, 0.2) is 115 Å². The van der Waals surface area contributed by atoms with Crippen molar-refractivity contribution in [1.82, 2.24) is 0 Å². The third-order valence-electron chi connectivity index (χ3n) is 8.05. The van der Waals surface area contributed by atoms with Crippen molar-refractivity contribution in [1.29, 1.82) is 0 Å². The number of phenols is 2. The first kappa shape index (κ1) is 39.9. The first-order chi connectivity index (χ1) is 26.7. The fourth-order valence-electron chi connectivity index (χ4n) is 5.43. The molecule has 0 aliphatic heterocycles. The lowest BCUT2D eigenvalue weighted by Gasteiger charge is -2.17. The average Bonchev–Trinajstić information content (AvgIpc) is 3.13. The van der Waals surface area contributed by atoms with E-state index in [1.807, 2.05) is 0 Å². The molecule has 8 N–H and O–H groups in total. The van der Waals surface area contributed by atoms with Gasteiger partial charge in [-0.1, -0.05) is 12.1 Å². The Kier molecular flexibility index (Phi) is 10.5. The minimum Gasteiger partial charge on any atom is -0.506 e. The van der Waals surface area contributed by atoms with Gasteiger partial charge in [-0.2, -0.15) is 30.4 Å². The number of amides is 2. The number of rotatable bonds is 10. The number of aromatic hydroxyl groups is 2. The Labute approximate surface area is 322 Å². The molecule has 0 heterocycles. The van der Waals surface area contributed by atoms with E-state index in [0.717, 1.165) is 30.3 Å². The monoisotopic (exact) mass is 838 g/mol. The van der Waals surface area contributed by atoms with Gasteiger partial charge >= 0.3 is 6.03 Å². The van der Waals surface area contributed by atoms with Crippen LogP contribution in [0.4, 0.5) is 33.2 Å². The number of anilines is 3. The second-order valence-corrected chi connectivity index (χ2v) is 16.0. The number of fused-ring (bicyclic) bond motifs is 2. The number of methoxy groups -OCH3 is 1. The first-order valence-electron chi connectivity index (χ1n) is 15.7. The van der Waals surface area contributed by atoms with E-state index in [-0.39, 0.29) is 39.0 Å². The van der Waals surface area contributed by atoms with Gasteiger partial charge in [-0.15, -0.1) is 10.2 Å². The van der Waals surface area contributed by atoms with Crippen molar-refractivity contribution < 1.29 is 63.5 Å². The van der Waals surface area contributed by atoms with Crippen LogP contribution in [0.25, 0.3) is 16.8 Å². The number of nitrogens with one attached hydrogen (secondary N) is 3. The largest absolute Gasteiger partial charge is 0.506 e. The summed E-state index contributed by atoms with van der Waals surface area (Å²) in [4.78, 5) is 23.9. The maximum Gasteiger partial charge on any atom is 0.323 e. The van der Waals surface area contributed by atoms with E-state index in [1.165, 1.54) is 49.6 Å². The molecule has 0 fully saturated rings. The lowest BCUT2D eigenvalue weighted by Crippen LogP contribution is -2.27. The standard InChI is InChI=1S/C34H26N6O14S3/c1-54-27-5-3-2-4-24(27)37-39-30-28(56(48,49)50)14-17-12-19(6-9-22(17)32(30)42)35-34(44)36-20-7-10-23-18(13-20)15-29(57(51,52)53)31(33(23)43)40-38-25-16-21(55(45,46)47)8-11-26(25)41/h2-16,38,41-42H,1H3,(H2,35,36,44)(H,45,46,47)(H,48,49,50)(H,51,52,53). The molecule has 20 nitrogen and oxygen atoms in total. The van der Waals surface area contributed by atoms with E-state index < -0.39 is 85.5 Å². The fraction of sp³-hybridized carbons (Fsp3) is 0.0294. The van der Waals surface area contributed by atoms with Crippen molar-refractivity contribution in [3.63, 3.8) is 0 Å². The number of carbonyl (C=O) groups is 2. The van der Waals surface area contributed by atoms with Crippen molar-refractivity contribution >= 4 is 93.2 Å². The molecular weight excluding hydrogens is 813 g/mol. The highest BCUT2D eigenvalue weighted by molar-refractivity contribution is 7.91. The number of hydrazone groups is 1. The Bertz CT molecular complexity index is 2970. The molecule has 1 aliphatic rings. The average molecular weight is 839 g/mol. The van der Waals surface area contributed by atoms with E-state index in [9.17, 15) is 58.7 Å². The summed E-state index contributed by atoms with van der Waals surface area (Å²) in [5, 5.41) is 37.7. The number of urea groups is 1. The van der Waals surface area contributed by atoms with Crippen LogP contribution in [0.5, 0.6) is 17.2 Å². The number of nitrogens with zero attached hydrogens (tertiary/aromatic N) is 3. The van der Waals surface area contributed by atoms with Gasteiger partial charge in [-0.3, -0.25) is 23.9 Å². The number of hydrogen-bond acceptors (Lipinski definition) is 15. The van der Waals surface area contributed by atoms with Crippen LogP contribution in [0, 0.1) is 0 Å². The van der Waals surface area contributed by atoms with E-state index in [4.69, 9.17) is 4.74 Å². The zero-order chi connectivity index (χ0) is 41.4. The highest BCUT2D eigenvalue weighted by atomic mass is 32.2. The molecule has 0 unspecified atom stereocenters. The van der Waals surface area contributed by atoms with E-state index in [2.05, 4.69) is 31.4 Å². The second-order valence-electron chi connectivity index (χ2n) is 11.8. The van der Waals surface area contributed by atoms with Gasteiger partial charge in [0, 0.05) is 22.3 Å². The first-order valence-corrected chi connectivity index (χ1v) is 20.0. The summed E-state index contributed by atoms with van der Waals surface area (Å²) in [5.74, 6) is -1.98. The molecular formula is C34H26N6O14S3. The van der Waals surface area contributed by atoms with E-state index in [0.29, 0.717) is 5.75 Å². The van der Waals surface area contributed by atoms with Crippen molar-refractivity contribution in [2.75, 3.05) is 23.2 Å². The molecule has 1 aliphatic carbocycles. The number of benzene rings is 5. The fourth-order valence-corrected chi connectivity index (χ4v) is 7.25. The summed E-state index contributed by atoms with van der Waals surface area (Å²) < 4.78 is 107. The maximum absolute atomic E-state index is 13.4. The van der Waals surface area contributed by atoms with Crippen molar-refractivity contribution in [2.24, 2.45) is 15.3 Å². The van der Waals surface area contributed by atoms with Crippen LogP contribution in [-0.2, 0) is 30.4 Å². The normalized spacial score (nSPS) is 14.0. The zero-order valence-electron chi connectivity index (χ0n) is 28.6. The van der Waals surface area contributed by atoms with Gasteiger partial charge in [-0.25, -0.2) is 4.79 Å². The van der Waals surface area contributed by atoms with Gasteiger partial charge in [-0.05, 0) is 89.8 Å². The maximum atomic E-state index is 13.4. The topological polar surface area (TPSA) is 320 Å². The summed E-state index contributed by atoms with van der Waals surface area (Å²) in [5.41, 5.74) is 0.352. The Hall–Kier alpha value is -6.76. The van der Waals surface area contributed by atoms with Gasteiger partial charge in [0.1, 0.15) is 32.7 Å². The van der Waals surface area contributed by atoms with Crippen LogP contribution in [0.2, 0.25) is 0 Å². The third kappa shape index (κ3) is 8.57. The molecule has 57 heavy (non-hydrogen) atoms. The molecule has 2 amide bonds. The van der Waals surface area contributed by atoms with Crippen molar-refractivity contribution in [3.8, 4) is 17.2 Å². The predicted molar refractivity (Wildman–Crippen MR) is 205 cm³/mol. The summed E-state index contributed by atoms with van der Waals surface area (Å²) in [6, 6.07) is 16.7. The number of carbonyl (C=O) groups excluding carboxylic acids is 2. The number of azo groups is 1. The summed E-state index contributed by atoms with van der Waals surface area (Å²) in [7, 11) is -13.5. The van der Waals surface area contributed by atoms with Gasteiger partial charge < -0.3 is 25.6 Å². The van der Waals surface area contributed by atoms with Gasteiger partial charge in [0.15, 0.2) is 11.5 Å². The summed E-state index contributed by atoms with van der Waals surface area (Å²) in [6.45, 7) is 0. The minimum absolute atomic E-state index is 0.0209.